The van der Waals surface area contributed by atoms with E-state index in [1.54, 1.807) is 12.1 Å². The van der Waals surface area contributed by atoms with Gasteiger partial charge in [-0.15, -0.1) is 0 Å². The van der Waals surface area contributed by atoms with Gasteiger partial charge < -0.3 is 10.4 Å². The number of aromatic hydroxyl groups is 1. The van der Waals surface area contributed by atoms with Gasteiger partial charge >= 0.3 is 0 Å². The van der Waals surface area contributed by atoms with Crippen LogP contribution in [0.25, 0.3) is 0 Å². The van der Waals surface area contributed by atoms with Crippen molar-refractivity contribution in [1.29, 1.82) is 0 Å². The molecule has 1 aromatic carbocycles. The van der Waals surface area contributed by atoms with E-state index in [4.69, 9.17) is 0 Å². The fraction of sp³-hybridized carbons (Fsp3) is 0.300. The van der Waals surface area contributed by atoms with Gasteiger partial charge in [0.1, 0.15) is 5.75 Å². The Bertz CT molecular complexity index is 297. The minimum Gasteiger partial charge on any atom is -0.508 e. The largest absolute Gasteiger partial charge is 0.508 e. The van der Waals surface area contributed by atoms with E-state index in [-0.39, 0.29) is 11.7 Å². The van der Waals surface area contributed by atoms with Gasteiger partial charge in [0.05, 0.1) is 0 Å². The van der Waals surface area contributed by atoms with Crippen molar-refractivity contribution in [2.24, 2.45) is 0 Å². The van der Waals surface area contributed by atoms with Crippen LogP contribution in [0.2, 0.25) is 0 Å². The number of carbonyl (C=O) groups excluding carboxylic acids is 1. The Labute approximate surface area is 77.4 Å². The summed E-state index contributed by atoms with van der Waals surface area (Å²) in [5.41, 5.74) is 0.858. The van der Waals surface area contributed by atoms with Crippen LogP contribution in [0.15, 0.2) is 24.3 Å². The van der Waals surface area contributed by atoms with E-state index in [0.29, 0.717) is 13.0 Å². The smallest absolute Gasteiger partial charge is 0.216 e. The average molecular weight is 179 g/mol. The first kappa shape index (κ1) is 9.58. The Morgan fingerprint density at radius 1 is 1.46 bits per heavy atom. The van der Waals surface area contributed by atoms with E-state index < -0.39 is 0 Å². The van der Waals surface area contributed by atoms with Crippen molar-refractivity contribution in [2.45, 2.75) is 13.3 Å². The lowest BCUT2D eigenvalue weighted by molar-refractivity contribution is -0.118. The number of rotatable bonds is 3. The van der Waals surface area contributed by atoms with E-state index in [1.807, 2.05) is 12.1 Å². The molecule has 0 aliphatic rings. The normalized spacial score (nSPS) is 9.62. The number of phenols is 1. The number of hydrogen-bond acceptors (Lipinski definition) is 2. The van der Waals surface area contributed by atoms with Crippen LogP contribution in [0.4, 0.5) is 0 Å². The van der Waals surface area contributed by atoms with Crippen LogP contribution >= 0.6 is 0 Å². The molecule has 0 spiro atoms. The van der Waals surface area contributed by atoms with Crippen LogP contribution in [0.1, 0.15) is 12.5 Å². The highest BCUT2D eigenvalue weighted by atomic mass is 16.3. The predicted octanol–water partition coefficient (Wildman–Crippen LogP) is 1.07. The molecule has 1 rings (SSSR count). The third-order valence-electron chi connectivity index (χ3n) is 1.76. The molecule has 0 bridgehead atoms. The predicted molar refractivity (Wildman–Crippen MR) is 50.5 cm³/mol. The first-order valence-corrected chi connectivity index (χ1v) is 4.21. The van der Waals surface area contributed by atoms with Gasteiger partial charge in [-0.1, -0.05) is 18.2 Å². The minimum atomic E-state index is -0.0459. The number of benzene rings is 1. The van der Waals surface area contributed by atoms with Gasteiger partial charge in [0.25, 0.3) is 0 Å². The lowest BCUT2D eigenvalue weighted by Crippen LogP contribution is -2.22. The van der Waals surface area contributed by atoms with Crippen molar-refractivity contribution in [2.75, 3.05) is 6.54 Å². The molecule has 0 atom stereocenters. The van der Waals surface area contributed by atoms with Crippen LogP contribution in [0, 0.1) is 0 Å². The second-order valence-electron chi connectivity index (χ2n) is 2.86. The van der Waals surface area contributed by atoms with Gasteiger partial charge in [0.15, 0.2) is 0 Å². The molecule has 3 nitrogen and oxygen atoms in total. The van der Waals surface area contributed by atoms with E-state index >= 15 is 0 Å². The molecule has 2 N–H and O–H groups in total. The minimum absolute atomic E-state index is 0.0459. The van der Waals surface area contributed by atoms with Crippen molar-refractivity contribution in [3.05, 3.63) is 29.8 Å². The Hall–Kier alpha value is -1.51. The molecule has 0 aliphatic heterocycles. The summed E-state index contributed by atoms with van der Waals surface area (Å²) in [7, 11) is 0. The number of hydrogen-bond donors (Lipinski definition) is 2. The van der Waals surface area contributed by atoms with Gasteiger partial charge in [-0.25, -0.2) is 0 Å². The molecule has 0 aliphatic carbocycles. The Morgan fingerprint density at radius 3 is 2.77 bits per heavy atom. The van der Waals surface area contributed by atoms with Crippen molar-refractivity contribution in [3.63, 3.8) is 0 Å². The van der Waals surface area contributed by atoms with E-state index in [0.717, 1.165) is 5.56 Å². The SMILES string of the molecule is CC(=O)NCCc1ccccc1O. The fourth-order valence-corrected chi connectivity index (χ4v) is 1.10. The quantitative estimate of drug-likeness (QED) is 0.729. The third-order valence-corrected chi connectivity index (χ3v) is 1.76. The fourth-order valence-electron chi connectivity index (χ4n) is 1.10. The molecule has 1 aromatic rings. The maximum Gasteiger partial charge on any atom is 0.216 e. The maximum absolute atomic E-state index is 10.5. The summed E-state index contributed by atoms with van der Waals surface area (Å²) >= 11 is 0. The van der Waals surface area contributed by atoms with Crippen LogP contribution in [0.3, 0.4) is 0 Å². The van der Waals surface area contributed by atoms with E-state index in [9.17, 15) is 9.90 Å². The topological polar surface area (TPSA) is 49.3 Å². The van der Waals surface area contributed by atoms with Gasteiger partial charge in [0, 0.05) is 13.5 Å². The zero-order chi connectivity index (χ0) is 9.68. The standard InChI is InChI=1S/C10H13NO2/c1-8(12)11-7-6-9-4-2-3-5-10(9)13/h2-5,13H,6-7H2,1H3,(H,11,12). The maximum atomic E-state index is 10.5. The molecule has 0 saturated carbocycles. The molecule has 0 saturated heterocycles. The summed E-state index contributed by atoms with van der Waals surface area (Å²) in [6, 6.07) is 7.13. The summed E-state index contributed by atoms with van der Waals surface area (Å²) in [5.74, 6) is 0.239. The highest BCUT2D eigenvalue weighted by molar-refractivity contribution is 5.72. The molecule has 0 aromatic heterocycles. The van der Waals surface area contributed by atoms with Crippen molar-refractivity contribution < 1.29 is 9.90 Å². The molecule has 1 amide bonds. The first-order valence-electron chi connectivity index (χ1n) is 4.21. The van der Waals surface area contributed by atoms with Crippen molar-refractivity contribution in [1.82, 2.24) is 5.32 Å². The van der Waals surface area contributed by atoms with Crippen LogP contribution in [-0.4, -0.2) is 17.6 Å². The molecule has 13 heavy (non-hydrogen) atoms. The number of para-hydroxylation sites is 1. The zero-order valence-electron chi connectivity index (χ0n) is 7.58. The molecule has 0 unspecified atom stereocenters. The molecule has 0 fully saturated rings. The monoisotopic (exact) mass is 179 g/mol. The number of carbonyl (C=O) groups is 1. The van der Waals surface area contributed by atoms with Crippen LogP contribution in [-0.2, 0) is 11.2 Å². The van der Waals surface area contributed by atoms with Crippen LogP contribution in [0.5, 0.6) is 5.75 Å². The van der Waals surface area contributed by atoms with Gasteiger partial charge in [0.2, 0.25) is 5.91 Å². The molecular formula is C10H13NO2. The molecule has 3 heteroatoms. The Balaban J connectivity index is 2.45. The number of phenolic OH excluding ortho intramolecular Hbond substituents is 1. The van der Waals surface area contributed by atoms with E-state index in [2.05, 4.69) is 5.32 Å². The van der Waals surface area contributed by atoms with Gasteiger partial charge in [-0.3, -0.25) is 4.79 Å². The van der Waals surface area contributed by atoms with Crippen molar-refractivity contribution >= 4 is 5.91 Å². The second kappa shape index (κ2) is 4.50. The van der Waals surface area contributed by atoms with Crippen LogP contribution < -0.4 is 5.32 Å². The van der Waals surface area contributed by atoms with E-state index in [1.165, 1.54) is 6.92 Å². The average Bonchev–Trinajstić information content (AvgIpc) is 2.08. The Morgan fingerprint density at radius 2 is 2.15 bits per heavy atom. The number of nitrogens with one attached hydrogen (secondary N) is 1. The molecule has 0 radical (unpaired) electrons. The molecule has 70 valence electrons. The third kappa shape index (κ3) is 3.15. The lowest BCUT2D eigenvalue weighted by Gasteiger charge is -2.04. The highest BCUT2D eigenvalue weighted by Gasteiger charge is 1.98. The summed E-state index contributed by atoms with van der Waals surface area (Å²) in [6.07, 6.45) is 0.659. The van der Waals surface area contributed by atoms with Crippen molar-refractivity contribution in [3.8, 4) is 5.75 Å². The number of amides is 1. The summed E-state index contributed by atoms with van der Waals surface area (Å²) in [4.78, 5) is 10.5. The highest BCUT2D eigenvalue weighted by Crippen LogP contribution is 2.15. The summed E-state index contributed by atoms with van der Waals surface area (Å²) in [6.45, 7) is 2.04. The zero-order valence-corrected chi connectivity index (χ0v) is 7.58. The first-order chi connectivity index (χ1) is 6.20. The second-order valence-corrected chi connectivity index (χ2v) is 2.86. The summed E-state index contributed by atoms with van der Waals surface area (Å²) < 4.78 is 0. The van der Waals surface area contributed by atoms with Gasteiger partial charge in [-0.05, 0) is 18.1 Å². The summed E-state index contributed by atoms with van der Waals surface area (Å²) in [5, 5.41) is 12.0. The lowest BCUT2D eigenvalue weighted by atomic mass is 10.1. The molecule has 0 heterocycles. The Kier molecular flexibility index (Phi) is 3.31. The molecular weight excluding hydrogens is 166 g/mol. The van der Waals surface area contributed by atoms with Gasteiger partial charge in [-0.2, -0.15) is 0 Å².